The molecule has 2 N–H and O–H groups in total. The Kier molecular flexibility index (Phi) is 6.52. The Bertz CT molecular complexity index is 752. The number of benzene rings is 1. The first kappa shape index (κ1) is 21.9. The molecule has 154 valence electrons. The van der Waals surface area contributed by atoms with E-state index in [1.165, 1.54) is 25.2 Å². The highest BCUT2D eigenvalue weighted by Gasteiger charge is 2.45. The van der Waals surface area contributed by atoms with Crippen molar-refractivity contribution in [3.8, 4) is 11.5 Å². The second-order valence-corrected chi connectivity index (χ2v) is 8.39. The van der Waals surface area contributed by atoms with Crippen molar-refractivity contribution in [1.29, 1.82) is 0 Å². The van der Waals surface area contributed by atoms with E-state index in [1.54, 1.807) is 24.3 Å². The standard InChI is InChI=1S/C21H30N2O5/c1-14(24)28-17-9-7-15(11-18(17)27-6)8-10-19(25)22-16-12-20(2,3)23(26)21(4,5)13-16/h7-11,16,26H,12-13H2,1-6H3,(H,22,25). The average Bonchev–Trinajstić information content (AvgIpc) is 2.57. The highest BCUT2D eigenvalue weighted by Crippen LogP contribution is 2.36. The van der Waals surface area contributed by atoms with Crippen LogP contribution >= 0.6 is 0 Å². The molecule has 0 spiro atoms. The molecule has 28 heavy (non-hydrogen) atoms. The quantitative estimate of drug-likeness (QED) is 0.456. The molecular weight excluding hydrogens is 360 g/mol. The Labute approximate surface area is 166 Å². The van der Waals surface area contributed by atoms with Crippen LogP contribution in [0.3, 0.4) is 0 Å². The van der Waals surface area contributed by atoms with Gasteiger partial charge in [0.2, 0.25) is 5.91 Å². The van der Waals surface area contributed by atoms with Gasteiger partial charge in [0.1, 0.15) is 0 Å². The Morgan fingerprint density at radius 3 is 2.32 bits per heavy atom. The fraction of sp³-hybridized carbons (Fsp3) is 0.524. The molecule has 0 bridgehead atoms. The lowest BCUT2D eigenvalue weighted by Crippen LogP contribution is -2.62. The number of carbonyl (C=O) groups excluding carboxylic acids is 2. The molecular formula is C21H30N2O5. The monoisotopic (exact) mass is 390 g/mol. The summed E-state index contributed by atoms with van der Waals surface area (Å²) in [6.07, 6.45) is 4.44. The highest BCUT2D eigenvalue weighted by molar-refractivity contribution is 5.92. The number of amides is 1. The number of hydrogen-bond donors (Lipinski definition) is 2. The Balaban J connectivity index is 2.05. The molecule has 0 unspecified atom stereocenters. The van der Waals surface area contributed by atoms with E-state index < -0.39 is 17.0 Å². The van der Waals surface area contributed by atoms with Gasteiger partial charge in [0.05, 0.1) is 7.11 Å². The third-order valence-electron chi connectivity index (χ3n) is 4.85. The summed E-state index contributed by atoms with van der Waals surface area (Å²) in [5.41, 5.74) is -0.110. The van der Waals surface area contributed by atoms with E-state index in [9.17, 15) is 14.8 Å². The fourth-order valence-electron chi connectivity index (χ4n) is 3.82. The maximum atomic E-state index is 12.4. The average molecular weight is 390 g/mol. The SMILES string of the molecule is COc1cc(C=CC(=O)NC2CC(C)(C)N(O)C(C)(C)C2)ccc1OC(C)=O. The number of ether oxygens (including phenoxy) is 2. The van der Waals surface area contributed by atoms with Crippen molar-refractivity contribution in [2.24, 2.45) is 0 Å². The van der Waals surface area contributed by atoms with E-state index in [-0.39, 0.29) is 11.9 Å². The minimum atomic E-state index is -0.430. The van der Waals surface area contributed by atoms with E-state index >= 15 is 0 Å². The summed E-state index contributed by atoms with van der Waals surface area (Å²) in [4.78, 5) is 23.5. The van der Waals surface area contributed by atoms with E-state index in [4.69, 9.17) is 9.47 Å². The summed E-state index contributed by atoms with van der Waals surface area (Å²) in [7, 11) is 1.49. The zero-order valence-corrected chi connectivity index (χ0v) is 17.4. The van der Waals surface area contributed by atoms with E-state index in [0.29, 0.717) is 24.3 Å². The van der Waals surface area contributed by atoms with Gasteiger partial charge in [-0.15, -0.1) is 0 Å². The molecule has 0 aromatic heterocycles. The van der Waals surface area contributed by atoms with Crippen LogP contribution in [0.4, 0.5) is 0 Å². The van der Waals surface area contributed by atoms with Crippen LogP contribution in [-0.4, -0.2) is 46.4 Å². The third-order valence-corrected chi connectivity index (χ3v) is 4.85. The number of piperidine rings is 1. The first-order chi connectivity index (χ1) is 12.9. The zero-order valence-electron chi connectivity index (χ0n) is 17.4. The summed E-state index contributed by atoms with van der Waals surface area (Å²) < 4.78 is 10.3. The molecule has 0 saturated carbocycles. The van der Waals surface area contributed by atoms with Crippen molar-refractivity contribution in [1.82, 2.24) is 10.4 Å². The predicted molar refractivity (Wildman–Crippen MR) is 106 cm³/mol. The zero-order chi connectivity index (χ0) is 21.1. The number of rotatable bonds is 5. The second kappa shape index (κ2) is 8.32. The van der Waals surface area contributed by atoms with Crippen LogP contribution in [-0.2, 0) is 9.59 Å². The topological polar surface area (TPSA) is 88.1 Å². The van der Waals surface area contributed by atoms with Crippen LogP contribution < -0.4 is 14.8 Å². The van der Waals surface area contributed by atoms with E-state index in [1.807, 2.05) is 27.7 Å². The molecule has 1 saturated heterocycles. The number of hydroxylamine groups is 2. The minimum absolute atomic E-state index is 0.0357. The first-order valence-electron chi connectivity index (χ1n) is 9.29. The van der Waals surface area contributed by atoms with Crippen molar-refractivity contribution in [2.75, 3.05) is 7.11 Å². The summed E-state index contributed by atoms with van der Waals surface area (Å²) in [5, 5.41) is 14.8. The van der Waals surface area contributed by atoms with Crippen LogP contribution in [0.25, 0.3) is 6.08 Å². The van der Waals surface area contributed by atoms with Crippen LogP contribution in [0.2, 0.25) is 0 Å². The lowest BCUT2D eigenvalue weighted by Gasteiger charge is -2.51. The van der Waals surface area contributed by atoms with Crippen molar-refractivity contribution in [3.63, 3.8) is 0 Å². The van der Waals surface area contributed by atoms with Gasteiger partial charge < -0.3 is 20.0 Å². The number of hydrogen-bond acceptors (Lipinski definition) is 6. The van der Waals surface area contributed by atoms with Crippen molar-refractivity contribution >= 4 is 18.0 Å². The number of carbonyl (C=O) groups is 2. The lowest BCUT2D eigenvalue weighted by molar-refractivity contribution is -0.245. The maximum Gasteiger partial charge on any atom is 0.308 e. The number of methoxy groups -OCH3 is 1. The molecule has 0 aliphatic carbocycles. The predicted octanol–water partition coefficient (Wildman–Crippen LogP) is 3.16. The number of nitrogens with zero attached hydrogens (tertiary/aromatic N) is 1. The van der Waals surface area contributed by atoms with E-state index in [2.05, 4.69) is 5.32 Å². The first-order valence-corrected chi connectivity index (χ1v) is 9.29. The molecule has 1 fully saturated rings. The maximum absolute atomic E-state index is 12.4. The summed E-state index contributed by atoms with van der Waals surface area (Å²) >= 11 is 0. The lowest BCUT2D eigenvalue weighted by atomic mass is 9.79. The molecule has 0 atom stereocenters. The normalized spacial score (nSPS) is 19.4. The van der Waals surface area contributed by atoms with Gasteiger partial charge >= 0.3 is 5.97 Å². The molecule has 2 rings (SSSR count). The van der Waals surface area contributed by atoms with Crippen LogP contribution in [0, 0.1) is 0 Å². The van der Waals surface area contributed by atoms with Gasteiger partial charge in [-0.3, -0.25) is 9.59 Å². The highest BCUT2D eigenvalue weighted by atomic mass is 16.6. The van der Waals surface area contributed by atoms with Crippen LogP contribution in [0.1, 0.15) is 53.0 Å². The molecule has 1 aliphatic heterocycles. The Hall–Kier alpha value is -2.38. The molecule has 1 heterocycles. The molecule has 0 radical (unpaired) electrons. The Morgan fingerprint density at radius 2 is 1.79 bits per heavy atom. The van der Waals surface area contributed by atoms with Crippen molar-refractivity contribution < 1.29 is 24.3 Å². The van der Waals surface area contributed by atoms with Gasteiger partial charge in [-0.1, -0.05) is 6.07 Å². The molecule has 1 aromatic rings. The number of esters is 1. The molecule has 7 heteroatoms. The van der Waals surface area contributed by atoms with Gasteiger partial charge in [0.15, 0.2) is 11.5 Å². The van der Waals surface area contributed by atoms with Gasteiger partial charge in [0.25, 0.3) is 0 Å². The molecule has 1 aromatic carbocycles. The van der Waals surface area contributed by atoms with Gasteiger partial charge in [0, 0.05) is 30.1 Å². The Morgan fingerprint density at radius 1 is 1.18 bits per heavy atom. The smallest absolute Gasteiger partial charge is 0.308 e. The summed E-state index contributed by atoms with van der Waals surface area (Å²) in [6.45, 7) is 9.15. The van der Waals surface area contributed by atoms with Crippen molar-refractivity contribution in [3.05, 3.63) is 29.8 Å². The molecule has 1 amide bonds. The fourth-order valence-corrected chi connectivity index (χ4v) is 3.82. The van der Waals surface area contributed by atoms with Crippen LogP contribution in [0.5, 0.6) is 11.5 Å². The third kappa shape index (κ3) is 5.33. The van der Waals surface area contributed by atoms with Gasteiger partial charge in [-0.2, -0.15) is 5.06 Å². The van der Waals surface area contributed by atoms with E-state index in [0.717, 1.165) is 5.56 Å². The van der Waals surface area contributed by atoms with Crippen molar-refractivity contribution in [2.45, 2.75) is 64.6 Å². The summed E-state index contributed by atoms with van der Waals surface area (Å²) in [5.74, 6) is 0.111. The molecule has 7 nitrogen and oxygen atoms in total. The van der Waals surface area contributed by atoms with Gasteiger partial charge in [-0.25, -0.2) is 0 Å². The van der Waals surface area contributed by atoms with Gasteiger partial charge in [-0.05, 0) is 64.3 Å². The second-order valence-electron chi connectivity index (χ2n) is 8.39. The summed E-state index contributed by atoms with van der Waals surface area (Å²) in [6, 6.07) is 5.02. The minimum Gasteiger partial charge on any atom is -0.493 e. The van der Waals surface area contributed by atoms with Crippen LogP contribution in [0.15, 0.2) is 24.3 Å². The number of nitrogens with one attached hydrogen (secondary N) is 1. The largest absolute Gasteiger partial charge is 0.493 e. The molecule has 1 aliphatic rings.